The average molecular weight is 277 g/mol. The molecule has 1 aliphatic rings. The van der Waals surface area contributed by atoms with E-state index in [9.17, 15) is 9.59 Å². The van der Waals surface area contributed by atoms with Crippen molar-refractivity contribution in [3.05, 3.63) is 35.4 Å². The lowest BCUT2D eigenvalue weighted by Gasteiger charge is -2.22. The van der Waals surface area contributed by atoms with Crippen LogP contribution in [0, 0.1) is 5.92 Å². The fourth-order valence-corrected chi connectivity index (χ4v) is 2.29. The standard InChI is InChI=1S/C15H19NO4/c17-14(16-9-12-4-2-6-20-10-12)8-11-3-1-5-13(7-11)15(18)19/h1,3,5,7,12H,2,4,6,8-10H2,(H,16,17)(H,18,19). The van der Waals surface area contributed by atoms with E-state index in [-0.39, 0.29) is 17.9 Å². The monoisotopic (exact) mass is 277 g/mol. The summed E-state index contributed by atoms with van der Waals surface area (Å²) in [4.78, 5) is 22.7. The maximum atomic E-state index is 11.8. The van der Waals surface area contributed by atoms with Crippen LogP contribution in [-0.4, -0.2) is 36.7 Å². The molecule has 108 valence electrons. The lowest BCUT2D eigenvalue weighted by atomic mass is 10.0. The zero-order valence-corrected chi connectivity index (χ0v) is 11.3. The highest BCUT2D eigenvalue weighted by Gasteiger charge is 2.15. The van der Waals surface area contributed by atoms with Gasteiger partial charge in [-0.1, -0.05) is 12.1 Å². The van der Waals surface area contributed by atoms with E-state index in [2.05, 4.69) is 5.32 Å². The maximum Gasteiger partial charge on any atom is 0.335 e. The molecule has 1 fully saturated rings. The lowest BCUT2D eigenvalue weighted by molar-refractivity contribution is -0.120. The lowest BCUT2D eigenvalue weighted by Crippen LogP contribution is -2.34. The first-order valence-corrected chi connectivity index (χ1v) is 6.82. The first kappa shape index (κ1) is 14.5. The molecule has 0 aromatic heterocycles. The smallest absolute Gasteiger partial charge is 0.335 e. The van der Waals surface area contributed by atoms with Gasteiger partial charge in [0.2, 0.25) is 5.91 Å². The number of carbonyl (C=O) groups is 2. The zero-order valence-electron chi connectivity index (χ0n) is 11.3. The summed E-state index contributed by atoms with van der Waals surface area (Å²) in [5, 5.41) is 11.8. The molecule has 1 saturated heterocycles. The number of amides is 1. The summed E-state index contributed by atoms with van der Waals surface area (Å²) in [5.41, 5.74) is 0.915. The first-order chi connectivity index (χ1) is 9.65. The van der Waals surface area contributed by atoms with Crippen LogP contribution in [0.25, 0.3) is 0 Å². The number of carbonyl (C=O) groups excluding carboxylic acids is 1. The van der Waals surface area contributed by atoms with E-state index in [1.807, 2.05) is 0 Å². The van der Waals surface area contributed by atoms with Crippen LogP contribution in [0.15, 0.2) is 24.3 Å². The number of benzene rings is 1. The summed E-state index contributed by atoms with van der Waals surface area (Å²) in [7, 11) is 0. The van der Waals surface area contributed by atoms with Crippen LogP contribution in [0.5, 0.6) is 0 Å². The molecule has 0 radical (unpaired) electrons. The molecule has 0 spiro atoms. The molecule has 20 heavy (non-hydrogen) atoms. The van der Waals surface area contributed by atoms with Crippen LogP contribution in [-0.2, 0) is 16.0 Å². The Morgan fingerprint density at radius 3 is 2.95 bits per heavy atom. The molecule has 0 saturated carbocycles. The van der Waals surface area contributed by atoms with Gasteiger partial charge in [0.15, 0.2) is 0 Å². The Bertz CT molecular complexity index is 481. The van der Waals surface area contributed by atoms with Crippen molar-refractivity contribution in [3.8, 4) is 0 Å². The second-order valence-corrected chi connectivity index (χ2v) is 5.07. The summed E-state index contributed by atoms with van der Waals surface area (Å²) in [6, 6.07) is 6.46. The number of hydrogen-bond donors (Lipinski definition) is 2. The number of carboxylic acids is 1. The summed E-state index contributed by atoms with van der Waals surface area (Å²) in [6.07, 6.45) is 2.32. The van der Waals surface area contributed by atoms with Crippen LogP contribution in [0.4, 0.5) is 0 Å². The SMILES string of the molecule is O=C(Cc1cccc(C(=O)O)c1)NCC1CCCOC1. The van der Waals surface area contributed by atoms with Gasteiger partial charge in [-0.3, -0.25) is 4.79 Å². The van der Waals surface area contributed by atoms with Gasteiger partial charge < -0.3 is 15.2 Å². The molecule has 0 aliphatic carbocycles. The van der Waals surface area contributed by atoms with E-state index in [4.69, 9.17) is 9.84 Å². The van der Waals surface area contributed by atoms with E-state index in [0.29, 0.717) is 24.6 Å². The minimum atomic E-state index is -0.980. The van der Waals surface area contributed by atoms with Crippen LogP contribution >= 0.6 is 0 Å². The van der Waals surface area contributed by atoms with Gasteiger partial charge in [-0.2, -0.15) is 0 Å². The van der Waals surface area contributed by atoms with Crippen molar-refractivity contribution in [2.24, 2.45) is 5.92 Å². The summed E-state index contributed by atoms with van der Waals surface area (Å²) >= 11 is 0. The predicted octanol–water partition coefficient (Wildman–Crippen LogP) is 1.47. The number of ether oxygens (including phenoxy) is 1. The van der Waals surface area contributed by atoms with Gasteiger partial charge in [-0.15, -0.1) is 0 Å². The van der Waals surface area contributed by atoms with Crippen molar-refractivity contribution in [1.82, 2.24) is 5.32 Å². The molecule has 2 N–H and O–H groups in total. The van der Waals surface area contributed by atoms with Crippen molar-refractivity contribution >= 4 is 11.9 Å². The molecule has 1 amide bonds. The Balaban J connectivity index is 1.81. The molecule has 5 nitrogen and oxygen atoms in total. The molecule has 1 aromatic rings. The molecule has 1 atom stereocenters. The van der Waals surface area contributed by atoms with Crippen LogP contribution < -0.4 is 5.32 Å². The van der Waals surface area contributed by atoms with Crippen molar-refractivity contribution < 1.29 is 19.4 Å². The Labute approximate surface area is 117 Å². The van der Waals surface area contributed by atoms with Gasteiger partial charge in [0.1, 0.15) is 0 Å². The Morgan fingerprint density at radius 2 is 2.25 bits per heavy atom. The Hall–Kier alpha value is -1.88. The third-order valence-corrected chi connectivity index (χ3v) is 3.38. The van der Waals surface area contributed by atoms with E-state index in [0.717, 1.165) is 19.4 Å². The van der Waals surface area contributed by atoms with E-state index in [1.165, 1.54) is 12.1 Å². The van der Waals surface area contributed by atoms with Gasteiger partial charge in [0, 0.05) is 13.2 Å². The van der Waals surface area contributed by atoms with Crippen molar-refractivity contribution in [1.29, 1.82) is 0 Å². The topological polar surface area (TPSA) is 75.6 Å². The number of rotatable bonds is 5. The highest BCUT2D eigenvalue weighted by molar-refractivity contribution is 5.88. The molecule has 0 bridgehead atoms. The predicted molar refractivity (Wildman–Crippen MR) is 73.7 cm³/mol. The van der Waals surface area contributed by atoms with E-state index in [1.54, 1.807) is 12.1 Å². The molecule has 1 aromatic carbocycles. The van der Waals surface area contributed by atoms with Gasteiger partial charge in [-0.25, -0.2) is 4.79 Å². The number of hydrogen-bond acceptors (Lipinski definition) is 3. The number of nitrogens with one attached hydrogen (secondary N) is 1. The third kappa shape index (κ3) is 4.35. The molecule has 1 unspecified atom stereocenters. The Kier molecular flexibility index (Phi) is 5.12. The maximum absolute atomic E-state index is 11.8. The quantitative estimate of drug-likeness (QED) is 0.854. The molecular weight excluding hydrogens is 258 g/mol. The highest BCUT2D eigenvalue weighted by Crippen LogP contribution is 2.12. The van der Waals surface area contributed by atoms with Gasteiger partial charge in [0.05, 0.1) is 18.6 Å². The van der Waals surface area contributed by atoms with Crippen molar-refractivity contribution in [2.45, 2.75) is 19.3 Å². The van der Waals surface area contributed by atoms with Gasteiger partial charge >= 0.3 is 5.97 Å². The summed E-state index contributed by atoms with van der Waals surface area (Å²) < 4.78 is 5.36. The second-order valence-electron chi connectivity index (χ2n) is 5.07. The number of carboxylic acid groups (broad SMARTS) is 1. The minimum Gasteiger partial charge on any atom is -0.478 e. The Morgan fingerprint density at radius 1 is 1.40 bits per heavy atom. The fourth-order valence-electron chi connectivity index (χ4n) is 2.29. The van der Waals surface area contributed by atoms with Crippen molar-refractivity contribution in [2.75, 3.05) is 19.8 Å². The van der Waals surface area contributed by atoms with Gasteiger partial charge in [-0.05, 0) is 36.5 Å². The average Bonchev–Trinajstić information content (AvgIpc) is 2.46. The fraction of sp³-hybridized carbons (Fsp3) is 0.467. The van der Waals surface area contributed by atoms with Gasteiger partial charge in [0.25, 0.3) is 0 Å². The highest BCUT2D eigenvalue weighted by atomic mass is 16.5. The van der Waals surface area contributed by atoms with Crippen LogP contribution in [0.2, 0.25) is 0 Å². The third-order valence-electron chi connectivity index (χ3n) is 3.38. The molecule has 1 aliphatic heterocycles. The van der Waals surface area contributed by atoms with E-state index < -0.39 is 5.97 Å². The molecule has 2 rings (SSSR count). The molecule has 5 heteroatoms. The van der Waals surface area contributed by atoms with Crippen LogP contribution in [0.1, 0.15) is 28.8 Å². The minimum absolute atomic E-state index is 0.0851. The zero-order chi connectivity index (χ0) is 14.4. The summed E-state index contributed by atoms with van der Waals surface area (Å²) in [6.45, 7) is 2.14. The molecular formula is C15H19NO4. The normalized spacial score (nSPS) is 18.5. The first-order valence-electron chi connectivity index (χ1n) is 6.82. The summed E-state index contributed by atoms with van der Waals surface area (Å²) in [5.74, 6) is -0.678. The van der Waals surface area contributed by atoms with Crippen molar-refractivity contribution in [3.63, 3.8) is 0 Å². The largest absolute Gasteiger partial charge is 0.478 e. The van der Waals surface area contributed by atoms with E-state index >= 15 is 0 Å². The molecule has 1 heterocycles. The second kappa shape index (κ2) is 7.05. The van der Waals surface area contributed by atoms with Crippen LogP contribution in [0.3, 0.4) is 0 Å². The number of aromatic carboxylic acids is 1.